The fourth-order valence-corrected chi connectivity index (χ4v) is 2.53. The van der Waals surface area contributed by atoms with Crippen LogP contribution in [-0.2, 0) is 6.54 Å². The molecular formula is C14H21FN2. The second-order valence-corrected chi connectivity index (χ2v) is 4.91. The van der Waals surface area contributed by atoms with Gasteiger partial charge in [-0.1, -0.05) is 12.1 Å². The van der Waals surface area contributed by atoms with E-state index in [-0.39, 0.29) is 5.82 Å². The molecule has 0 aliphatic carbocycles. The zero-order chi connectivity index (χ0) is 12.1. The molecule has 0 amide bonds. The maximum atomic E-state index is 13.1. The number of benzene rings is 1. The summed E-state index contributed by atoms with van der Waals surface area (Å²) in [6, 6.07) is 6.93. The van der Waals surface area contributed by atoms with Crippen molar-refractivity contribution in [3.8, 4) is 0 Å². The molecule has 1 fully saturated rings. The summed E-state index contributed by atoms with van der Waals surface area (Å²) in [4.78, 5) is 2.42. The van der Waals surface area contributed by atoms with Gasteiger partial charge in [0, 0.05) is 6.54 Å². The van der Waals surface area contributed by atoms with Crippen molar-refractivity contribution in [2.45, 2.75) is 19.4 Å². The molecule has 0 bridgehead atoms. The first kappa shape index (κ1) is 12.5. The zero-order valence-electron chi connectivity index (χ0n) is 10.5. The highest BCUT2D eigenvalue weighted by Crippen LogP contribution is 2.18. The second kappa shape index (κ2) is 6.12. The predicted molar refractivity (Wildman–Crippen MR) is 68.3 cm³/mol. The van der Waals surface area contributed by atoms with Crippen LogP contribution in [0.2, 0.25) is 0 Å². The molecule has 3 heteroatoms. The van der Waals surface area contributed by atoms with Gasteiger partial charge >= 0.3 is 0 Å². The molecule has 94 valence electrons. The highest BCUT2D eigenvalue weighted by atomic mass is 19.1. The zero-order valence-corrected chi connectivity index (χ0v) is 10.5. The Kier molecular flexibility index (Phi) is 4.51. The minimum absolute atomic E-state index is 0.132. The van der Waals surface area contributed by atoms with E-state index in [0.717, 1.165) is 37.7 Å². The molecule has 1 heterocycles. The predicted octanol–water partition coefficient (Wildman–Crippen LogP) is 2.26. The molecular weight excluding hydrogens is 215 g/mol. The van der Waals surface area contributed by atoms with Crippen molar-refractivity contribution in [1.82, 2.24) is 10.2 Å². The molecule has 0 aromatic heterocycles. The van der Waals surface area contributed by atoms with Crippen molar-refractivity contribution in [1.29, 1.82) is 0 Å². The number of rotatable bonds is 4. The molecule has 17 heavy (non-hydrogen) atoms. The second-order valence-electron chi connectivity index (χ2n) is 4.91. The van der Waals surface area contributed by atoms with Gasteiger partial charge in [-0.05, 0) is 63.1 Å². The molecule has 0 spiro atoms. The Morgan fingerprint density at radius 1 is 1.35 bits per heavy atom. The van der Waals surface area contributed by atoms with Crippen molar-refractivity contribution >= 4 is 0 Å². The van der Waals surface area contributed by atoms with Gasteiger partial charge in [-0.25, -0.2) is 4.39 Å². The first-order chi connectivity index (χ1) is 8.28. The highest BCUT2D eigenvalue weighted by Gasteiger charge is 2.18. The van der Waals surface area contributed by atoms with Crippen LogP contribution in [-0.4, -0.2) is 31.6 Å². The van der Waals surface area contributed by atoms with Gasteiger partial charge in [0.15, 0.2) is 0 Å². The SMILES string of the molecule is CNCC1CCN(Cc2cccc(F)c2)CC1. The fourth-order valence-electron chi connectivity index (χ4n) is 2.53. The molecule has 0 unspecified atom stereocenters. The first-order valence-electron chi connectivity index (χ1n) is 6.39. The van der Waals surface area contributed by atoms with E-state index in [9.17, 15) is 4.39 Å². The van der Waals surface area contributed by atoms with Gasteiger partial charge < -0.3 is 5.32 Å². The summed E-state index contributed by atoms with van der Waals surface area (Å²) in [5.74, 6) is 0.677. The van der Waals surface area contributed by atoms with Crippen LogP contribution in [0.25, 0.3) is 0 Å². The van der Waals surface area contributed by atoms with E-state index >= 15 is 0 Å². The van der Waals surface area contributed by atoms with Crippen molar-refractivity contribution < 1.29 is 4.39 Å². The van der Waals surface area contributed by atoms with E-state index in [0.29, 0.717) is 0 Å². The van der Waals surface area contributed by atoms with Crippen LogP contribution in [0.3, 0.4) is 0 Å². The maximum Gasteiger partial charge on any atom is 0.123 e. The molecule has 2 nitrogen and oxygen atoms in total. The summed E-state index contributed by atoms with van der Waals surface area (Å²) in [6.45, 7) is 4.25. The van der Waals surface area contributed by atoms with Crippen molar-refractivity contribution in [2.24, 2.45) is 5.92 Å². The Bertz CT molecular complexity index is 346. The van der Waals surface area contributed by atoms with E-state index in [2.05, 4.69) is 10.2 Å². The lowest BCUT2D eigenvalue weighted by molar-refractivity contribution is 0.176. The van der Waals surface area contributed by atoms with Crippen LogP contribution in [0.15, 0.2) is 24.3 Å². The summed E-state index contributed by atoms with van der Waals surface area (Å²) in [7, 11) is 2.01. The summed E-state index contributed by atoms with van der Waals surface area (Å²) in [5.41, 5.74) is 1.08. The third-order valence-electron chi connectivity index (χ3n) is 3.50. The van der Waals surface area contributed by atoms with Crippen LogP contribution in [0.5, 0.6) is 0 Å². The van der Waals surface area contributed by atoms with E-state index in [1.165, 1.54) is 18.9 Å². The van der Waals surface area contributed by atoms with Gasteiger partial charge in [-0.3, -0.25) is 4.90 Å². The summed E-state index contributed by atoms with van der Waals surface area (Å²) in [5, 5.41) is 3.24. The van der Waals surface area contributed by atoms with Crippen molar-refractivity contribution in [3.05, 3.63) is 35.6 Å². The van der Waals surface area contributed by atoms with E-state index in [1.54, 1.807) is 12.1 Å². The van der Waals surface area contributed by atoms with Crippen LogP contribution in [0, 0.1) is 11.7 Å². The molecule has 0 atom stereocenters. The number of piperidine rings is 1. The molecule has 1 aromatic rings. The van der Waals surface area contributed by atoms with Gasteiger partial charge in [0.2, 0.25) is 0 Å². The molecule has 1 aromatic carbocycles. The van der Waals surface area contributed by atoms with Crippen LogP contribution >= 0.6 is 0 Å². The Morgan fingerprint density at radius 2 is 2.12 bits per heavy atom. The van der Waals surface area contributed by atoms with Crippen LogP contribution in [0.1, 0.15) is 18.4 Å². The molecule has 1 aliphatic heterocycles. The lowest BCUT2D eigenvalue weighted by Crippen LogP contribution is -2.36. The number of hydrogen-bond donors (Lipinski definition) is 1. The average molecular weight is 236 g/mol. The fraction of sp³-hybridized carbons (Fsp3) is 0.571. The number of nitrogens with one attached hydrogen (secondary N) is 1. The van der Waals surface area contributed by atoms with Crippen molar-refractivity contribution in [3.63, 3.8) is 0 Å². The lowest BCUT2D eigenvalue weighted by Gasteiger charge is -2.31. The molecule has 1 aliphatic rings. The van der Waals surface area contributed by atoms with Crippen molar-refractivity contribution in [2.75, 3.05) is 26.7 Å². The van der Waals surface area contributed by atoms with Gasteiger partial charge in [0.25, 0.3) is 0 Å². The van der Waals surface area contributed by atoms with Crippen LogP contribution in [0.4, 0.5) is 4.39 Å². The summed E-state index contributed by atoms with van der Waals surface area (Å²) >= 11 is 0. The summed E-state index contributed by atoms with van der Waals surface area (Å²) in [6.07, 6.45) is 2.49. The van der Waals surface area contributed by atoms with E-state index in [1.807, 2.05) is 13.1 Å². The third-order valence-corrected chi connectivity index (χ3v) is 3.50. The first-order valence-corrected chi connectivity index (χ1v) is 6.39. The maximum absolute atomic E-state index is 13.1. The van der Waals surface area contributed by atoms with Crippen LogP contribution < -0.4 is 5.32 Å². The monoisotopic (exact) mass is 236 g/mol. The molecule has 0 saturated carbocycles. The number of halogens is 1. The largest absolute Gasteiger partial charge is 0.319 e. The smallest absolute Gasteiger partial charge is 0.123 e. The summed E-state index contributed by atoms with van der Waals surface area (Å²) < 4.78 is 13.1. The average Bonchev–Trinajstić information content (AvgIpc) is 2.32. The number of likely N-dealkylation sites (tertiary alicyclic amines) is 1. The quantitative estimate of drug-likeness (QED) is 0.862. The number of nitrogens with zero attached hydrogens (tertiary/aromatic N) is 1. The Hall–Kier alpha value is -0.930. The molecule has 1 N–H and O–H groups in total. The topological polar surface area (TPSA) is 15.3 Å². The van der Waals surface area contributed by atoms with E-state index < -0.39 is 0 Å². The lowest BCUT2D eigenvalue weighted by atomic mass is 9.96. The molecule has 2 rings (SSSR count). The van der Waals surface area contributed by atoms with Gasteiger partial charge in [-0.2, -0.15) is 0 Å². The highest BCUT2D eigenvalue weighted by molar-refractivity contribution is 5.16. The Morgan fingerprint density at radius 3 is 2.76 bits per heavy atom. The van der Waals surface area contributed by atoms with Gasteiger partial charge in [-0.15, -0.1) is 0 Å². The minimum atomic E-state index is -0.132. The van der Waals surface area contributed by atoms with Gasteiger partial charge in [0.1, 0.15) is 5.82 Å². The molecule has 1 saturated heterocycles. The molecule has 0 radical (unpaired) electrons. The minimum Gasteiger partial charge on any atom is -0.319 e. The van der Waals surface area contributed by atoms with Gasteiger partial charge in [0.05, 0.1) is 0 Å². The number of hydrogen-bond acceptors (Lipinski definition) is 2. The Balaban J connectivity index is 1.82. The Labute approximate surface area is 103 Å². The third kappa shape index (κ3) is 3.79. The van der Waals surface area contributed by atoms with E-state index in [4.69, 9.17) is 0 Å². The standard InChI is InChI=1S/C14H21FN2/c1-16-10-12-5-7-17(8-6-12)11-13-3-2-4-14(15)9-13/h2-4,9,12,16H,5-8,10-11H2,1H3. The normalized spacial score (nSPS) is 18.5.